The van der Waals surface area contributed by atoms with Gasteiger partial charge in [0.25, 0.3) is 0 Å². The molecule has 0 unspecified atom stereocenters. The summed E-state index contributed by atoms with van der Waals surface area (Å²) < 4.78 is 0. The molecule has 0 aromatic carbocycles. The number of carboxylic acid groups (broad SMARTS) is 5. The summed E-state index contributed by atoms with van der Waals surface area (Å²) in [7, 11) is 0. The normalized spacial score (nSPS) is 16.0. The van der Waals surface area contributed by atoms with Crippen LogP contribution in [0.1, 0.15) is 12.8 Å². The van der Waals surface area contributed by atoms with Crippen molar-refractivity contribution < 1.29 is 157 Å². The van der Waals surface area contributed by atoms with Crippen molar-refractivity contribution >= 4 is 29.8 Å². The number of carboxylic acids is 5. The Balaban J connectivity index is -0.000000112. The number of carbonyl (C=O) groups excluding carboxylic acids is 5. The van der Waals surface area contributed by atoms with Crippen LogP contribution in [0.5, 0.6) is 0 Å². The Hall–Kier alpha value is -1.53. The van der Waals surface area contributed by atoms with Crippen LogP contribution in [0, 0.1) is 0 Å². The van der Waals surface area contributed by atoms with Crippen LogP contribution < -0.4 is 30.6 Å². The molecule has 42 heavy (non-hydrogen) atoms. The molecule has 3 radical (unpaired) electrons. The van der Waals surface area contributed by atoms with E-state index in [0.717, 1.165) is 0 Å². The Morgan fingerprint density at radius 2 is 0.762 bits per heavy atom. The fourth-order valence-electron chi connectivity index (χ4n) is 2.00. The van der Waals surface area contributed by atoms with Crippen molar-refractivity contribution in [3.05, 3.63) is 0 Å². The van der Waals surface area contributed by atoms with Crippen LogP contribution in [-0.4, -0.2) is 149 Å². The van der Waals surface area contributed by atoms with Crippen LogP contribution >= 0.6 is 0 Å². The number of carbonyl (C=O) groups is 5. The largest absolute Gasteiger partial charge is 2.00 e. The van der Waals surface area contributed by atoms with Gasteiger partial charge in [-0.15, -0.1) is 0 Å². The SMILES string of the molecule is O=C([O-])CC([O-])(CC(=O)[O-])C(=O)[O-].O=C([O-])[C@H](O)[C@@H](O)[C@H](O)[C@H](O)CO.O=C([O-])[C@H](O)[C@@H](O)[C@H](O)[C@H](O)CO.[Cu+2].[Cu+2].[Cu+2]. The van der Waals surface area contributed by atoms with Crippen LogP contribution in [0.15, 0.2) is 0 Å². The van der Waals surface area contributed by atoms with Gasteiger partial charge >= 0.3 is 51.2 Å². The molecule has 0 aromatic heterocycles. The van der Waals surface area contributed by atoms with E-state index in [2.05, 4.69) is 0 Å². The summed E-state index contributed by atoms with van der Waals surface area (Å²) in [5.74, 6) is -10.2. The second-order valence-corrected chi connectivity index (χ2v) is 7.37. The average Bonchev–Trinajstić information content (AvgIpc) is 2.84. The van der Waals surface area contributed by atoms with Crippen molar-refractivity contribution in [2.24, 2.45) is 0 Å². The molecule has 0 amide bonds. The molecule has 0 rings (SSSR count). The first-order valence-corrected chi connectivity index (χ1v) is 10.0. The van der Waals surface area contributed by atoms with Crippen molar-refractivity contribution in [2.75, 3.05) is 13.2 Å². The molecule has 10 N–H and O–H groups in total. The molecule has 0 aromatic rings. The zero-order valence-corrected chi connectivity index (χ0v) is 23.1. The van der Waals surface area contributed by atoms with Gasteiger partial charge in [0.15, 0.2) is 0 Å². The average molecular weight is 769 g/mol. The Morgan fingerprint density at radius 3 is 0.905 bits per heavy atom. The van der Waals surface area contributed by atoms with Gasteiger partial charge in [-0.1, -0.05) is 5.60 Å². The van der Waals surface area contributed by atoms with Crippen LogP contribution in [0.4, 0.5) is 0 Å². The predicted octanol–water partition coefficient (Wildman–Crippen LogP) is -15.5. The van der Waals surface area contributed by atoms with E-state index in [9.17, 15) is 54.6 Å². The minimum absolute atomic E-state index is 0. The second-order valence-electron chi connectivity index (χ2n) is 7.37. The molecule has 0 aliphatic carbocycles. The molecule has 0 aliphatic rings. The number of hydrogen-bond donors (Lipinski definition) is 10. The summed E-state index contributed by atoms with van der Waals surface area (Å²) in [5.41, 5.74) is -3.22. The van der Waals surface area contributed by atoms with E-state index >= 15 is 0 Å². The van der Waals surface area contributed by atoms with E-state index < -0.39 is 110 Å². The van der Waals surface area contributed by atoms with Crippen LogP contribution in [-0.2, 0) is 75.2 Å². The molecule has 0 fully saturated rings. The standard InChI is InChI=1S/C6H7O7.2C6H12O7.3Cu/c7-3(8)1-6(13,5(11)12)2-4(9)10;2*7-1-2(8)3(9)4(10)5(11)6(12)13;;;/h1-2H2,(H,7,8)(H,9,10)(H,11,12);2*2-5,7-11H,1H2,(H,12,13);;;/q-1;;;3*+2/p-5/t;2*2-,3-,4+,5-;;;/m.11.../s1. The first-order chi connectivity index (χ1) is 17.6. The Bertz CT molecular complexity index is 746. The van der Waals surface area contributed by atoms with E-state index in [0.29, 0.717) is 0 Å². The summed E-state index contributed by atoms with van der Waals surface area (Å²) in [6.45, 7) is -1.73. The Morgan fingerprint density at radius 1 is 0.524 bits per heavy atom. The number of aliphatic hydroxyl groups excluding tert-OH is 10. The maximum absolute atomic E-state index is 10.9. The number of rotatable bonds is 15. The minimum atomic E-state index is -3.22. The van der Waals surface area contributed by atoms with Crippen LogP contribution in [0.2, 0.25) is 0 Å². The number of aliphatic carboxylic acids is 5. The first kappa shape index (κ1) is 53.1. The van der Waals surface area contributed by atoms with Gasteiger partial charge < -0.3 is 106 Å². The molecule has 21 nitrogen and oxygen atoms in total. The Labute approximate surface area is 266 Å². The van der Waals surface area contributed by atoms with Gasteiger partial charge in [-0.25, -0.2) is 0 Å². The third-order valence-electron chi connectivity index (χ3n) is 4.22. The molecule has 0 heterocycles. The van der Waals surface area contributed by atoms with Crippen molar-refractivity contribution in [2.45, 2.75) is 67.3 Å². The summed E-state index contributed by atoms with van der Waals surface area (Å²) in [4.78, 5) is 49.8. The summed E-state index contributed by atoms with van der Waals surface area (Å²) in [5, 5.41) is 148. The molecular weight excluding hydrogens is 743 g/mol. The van der Waals surface area contributed by atoms with Gasteiger partial charge in [-0.2, -0.15) is 0 Å². The van der Waals surface area contributed by atoms with Crippen LogP contribution in [0.25, 0.3) is 0 Å². The van der Waals surface area contributed by atoms with Crippen molar-refractivity contribution in [3.63, 3.8) is 0 Å². The maximum atomic E-state index is 10.9. The van der Waals surface area contributed by atoms with E-state index in [1.165, 1.54) is 0 Å². The predicted molar refractivity (Wildman–Crippen MR) is 99.2 cm³/mol. The van der Waals surface area contributed by atoms with Gasteiger partial charge in [-0.05, 0) is 12.8 Å². The molecule has 0 saturated carbocycles. The molecule has 0 aliphatic heterocycles. The minimum Gasteiger partial charge on any atom is -0.845 e. The van der Waals surface area contributed by atoms with E-state index in [4.69, 9.17) is 51.1 Å². The molecule has 8 atom stereocenters. The number of aliphatic hydroxyl groups is 10. The van der Waals surface area contributed by atoms with E-state index in [-0.39, 0.29) is 51.2 Å². The smallest absolute Gasteiger partial charge is 0.845 e. The number of hydrogen-bond acceptors (Lipinski definition) is 21. The molecule has 0 saturated heterocycles. The quantitative estimate of drug-likeness (QED) is 0.0691. The first-order valence-electron chi connectivity index (χ1n) is 10.0. The zero-order valence-electron chi connectivity index (χ0n) is 20.3. The third kappa shape index (κ3) is 21.2. The second kappa shape index (κ2) is 25.9. The third-order valence-corrected chi connectivity index (χ3v) is 4.22. The summed E-state index contributed by atoms with van der Waals surface area (Å²) >= 11 is 0. The molecule has 0 spiro atoms. The van der Waals surface area contributed by atoms with E-state index in [1.54, 1.807) is 0 Å². The van der Waals surface area contributed by atoms with Gasteiger partial charge in [0.1, 0.15) is 48.8 Å². The summed E-state index contributed by atoms with van der Waals surface area (Å²) in [6, 6.07) is 0. The maximum Gasteiger partial charge on any atom is 2.00 e. The van der Waals surface area contributed by atoms with Crippen LogP contribution in [0.3, 0.4) is 0 Å². The monoisotopic (exact) mass is 767 g/mol. The van der Waals surface area contributed by atoms with Gasteiger partial charge in [0.05, 0.1) is 25.2 Å². The topological polar surface area (TPSA) is 426 Å². The van der Waals surface area contributed by atoms with Gasteiger partial charge in [0, 0.05) is 17.9 Å². The fraction of sp³-hybridized carbons (Fsp3) is 0.722. The fourth-order valence-corrected chi connectivity index (χ4v) is 2.00. The van der Waals surface area contributed by atoms with Crippen molar-refractivity contribution in [1.29, 1.82) is 0 Å². The summed E-state index contributed by atoms with van der Waals surface area (Å²) in [6.07, 6.45) is -19.1. The Kier molecular flexibility index (Phi) is 32.7. The molecule has 0 bridgehead atoms. The van der Waals surface area contributed by atoms with Gasteiger partial charge in [0.2, 0.25) is 0 Å². The zero-order chi connectivity index (χ0) is 31.8. The van der Waals surface area contributed by atoms with E-state index in [1.807, 2.05) is 0 Å². The molecule has 257 valence electrons. The molecular formula is C18H26Cu3O21. The van der Waals surface area contributed by atoms with Crippen molar-refractivity contribution in [1.82, 2.24) is 0 Å². The van der Waals surface area contributed by atoms with Gasteiger partial charge in [-0.3, -0.25) is 0 Å². The van der Waals surface area contributed by atoms with Crippen molar-refractivity contribution in [3.8, 4) is 0 Å². The molecule has 24 heteroatoms.